The summed E-state index contributed by atoms with van der Waals surface area (Å²) < 4.78 is 15.0. The van der Waals surface area contributed by atoms with Gasteiger partial charge in [0.15, 0.2) is 5.50 Å². The number of para-hydroxylation sites is 1. The minimum Gasteiger partial charge on any atom is -0.340 e. The molecule has 0 amide bonds. The molecule has 1 unspecified atom stereocenters. The fourth-order valence-corrected chi connectivity index (χ4v) is 5.35. The third-order valence-corrected chi connectivity index (χ3v) is 6.98. The summed E-state index contributed by atoms with van der Waals surface area (Å²) in [6.45, 7) is 10.4. The minimum atomic E-state index is -0.109. The number of rotatable bonds is 7. The van der Waals surface area contributed by atoms with Crippen molar-refractivity contribution in [3.8, 4) is 0 Å². The van der Waals surface area contributed by atoms with E-state index in [2.05, 4.69) is 59.0 Å². The SMILES string of the molecule is CCN(CC)CCCN1C(c2cccc(C)c2F)=CN2c3ccccc3SC12. The lowest BCUT2D eigenvalue weighted by atomic mass is 10.1. The lowest BCUT2D eigenvalue weighted by molar-refractivity contribution is 0.278. The van der Waals surface area contributed by atoms with E-state index in [1.54, 1.807) is 0 Å². The molecule has 0 fully saturated rings. The highest BCUT2D eigenvalue weighted by Crippen LogP contribution is 2.50. The fraction of sp³-hybridized carbons (Fsp3) is 0.391. The van der Waals surface area contributed by atoms with E-state index in [4.69, 9.17) is 0 Å². The van der Waals surface area contributed by atoms with Crippen LogP contribution in [0.2, 0.25) is 0 Å². The van der Waals surface area contributed by atoms with Crippen molar-refractivity contribution in [1.29, 1.82) is 0 Å². The molecule has 4 rings (SSSR count). The fourth-order valence-electron chi connectivity index (χ4n) is 4.04. The molecule has 0 saturated carbocycles. The van der Waals surface area contributed by atoms with Crippen LogP contribution in [0.5, 0.6) is 0 Å². The van der Waals surface area contributed by atoms with Crippen molar-refractivity contribution in [3.63, 3.8) is 0 Å². The molecule has 2 heterocycles. The molecule has 1 atom stereocenters. The summed E-state index contributed by atoms with van der Waals surface area (Å²) in [4.78, 5) is 8.42. The van der Waals surface area contributed by atoms with E-state index in [9.17, 15) is 4.39 Å². The van der Waals surface area contributed by atoms with E-state index < -0.39 is 0 Å². The first-order valence-electron chi connectivity index (χ1n) is 10.1. The molecule has 2 aromatic rings. The van der Waals surface area contributed by atoms with Crippen molar-refractivity contribution in [2.45, 2.75) is 37.6 Å². The number of thioether (sulfide) groups is 1. The lowest BCUT2D eigenvalue weighted by Gasteiger charge is -2.30. The molecule has 2 aromatic carbocycles. The van der Waals surface area contributed by atoms with E-state index in [0.717, 1.165) is 38.3 Å². The molecule has 0 aromatic heterocycles. The van der Waals surface area contributed by atoms with Gasteiger partial charge in [0.2, 0.25) is 0 Å². The zero-order valence-corrected chi connectivity index (χ0v) is 17.7. The van der Waals surface area contributed by atoms with Gasteiger partial charge in [0.25, 0.3) is 0 Å². The van der Waals surface area contributed by atoms with Gasteiger partial charge in [-0.3, -0.25) is 0 Å². The van der Waals surface area contributed by atoms with Gasteiger partial charge in [-0.15, -0.1) is 0 Å². The first-order chi connectivity index (χ1) is 13.6. The molecule has 2 aliphatic rings. The van der Waals surface area contributed by atoms with Crippen LogP contribution in [0, 0.1) is 12.7 Å². The average molecular weight is 398 g/mol. The molecule has 2 aliphatic heterocycles. The van der Waals surface area contributed by atoms with Crippen LogP contribution in [0.4, 0.5) is 10.1 Å². The van der Waals surface area contributed by atoms with Gasteiger partial charge in [0.05, 0.1) is 11.4 Å². The van der Waals surface area contributed by atoms with Crippen LogP contribution in [-0.4, -0.2) is 41.5 Å². The number of benzene rings is 2. The molecule has 0 bridgehead atoms. The molecule has 28 heavy (non-hydrogen) atoms. The third kappa shape index (κ3) is 3.42. The first kappa shape index (κ1) is 19.3. The number of anilines is 1. The van der Waals surface area contributed by atoms with E-state index in [-0.39, 0.29) is 11.3 Å². The van der Waals surface area contributed by atoms with Crippen LogP contribution >= 0.6 is 11.8 Å². The molecule has 0 N–H and O–H groups in total. The quantitative estimate of drug-likeness (QED) is 0.620. The first-order valence-corrected chi connectivity index (χ1v) is 11.0. The molecule has 148 valence electrons. The standard InChI is InChI=1S/C23H28FN3S/c1-4-25(5-2)14-9-15-26-20(18-11-8-10-17(3)22(18)24)16-27-19-12-6-7-13-21(19)28-23(26)27/h6-8,10-13,16,23H,4-5,9,14-15H2,1-3H3. The van der Waals surface area contributed by atoms with Crippen LogP contribution in [0.25, 0.3) is 5.70 Å². The number of fused-ring (bicyclic) bond motifs is 3. The molecular formula is C23H28FN3S. The van der Waals surface area contributed by atoms with Crippen LogP contribution in [0.3, 0.4) is 0 Å². The smallest absolute Gasteiger partial charge is 0.159 e. The van der Waals surface area contributed by atoms with Crippen molar-refractivity contribution < 1.29 is 4.39 Å². The number of halogens is 1. The highest BCUT2D eigenvalue weighted by molar-refractivity contribution is 8.00. The van der Waals surface area contributed by atoms with Gasteiger partial charge in [-0.2, -0.15) is 0 Å². The van der Waals surface area contributed by atoms with E-state index in [1.165, 1.54) is 10.6 Å². The van der Waals surface area contributed by atoms with Crippen LogP contribution in [0.15, 0.2) is 53.6 Å². The summed E-state index contributed by atoms with van der Waals surface area (Å²) in [5.74, 6) is -0.109. The van der Waals surface area contributed by atoms with Gasteiger partial charge >= 0.3 is 0 Å². The summed E-state index contributed by atoms with van der Waals surface area (Å²) in [6, 6.07) is 14.2. The Balaban J connectivity index is 1.64. The second-order valence-electron chi connectivity index (χ2n) is 7.34. The Bertz CT molecular complexity index is 878. The largest absolute Gasteiger partial charge is 0.340 e. The maximum atomic E-state index is 15.0. The van der Waals surface area contributed by atoms with Crippen molar-refractivity contribution in [2.75, 3.05) is 31.1 Å². The Kier molecular flexibility index (Phi) is 5.65. The molecular weight excluding hydrogens is 369 g/mol. The van der Waals surface area contributed by atoms with Crippen molar-refractivity contribution in [1.82, 2.24) is 9.80 Å². The second kappa shape index (κ2) is 8.18. The van der Waals surface area contributed by atoms with E-state index >= 15 is 0 Å². The van der Waals surface area contributed by atoms with Gasteiger partial charge < -0.3 is 14.7 Å². The third-order valence-electron chi connectivity index (χ3n) is 5.69. The average Bonchev–Trinajstić information content (AvgIpc) is 3.24. The number of hydrogen-bond acceptors (Lipinski definition) is 4. The Hall–Kier alpha value is -1.98. The zero-order chi connectivity index (χ0) is 19.7. The highest BCUT2D eigenvalue weighted by atomic mass is 32.2. The number of hydrogen-bond donors (Lipinski definition) is 0. The Morgan fingerprint density at radius 1 is 1.07 bits per heavy atom. The number of nitrogens with zero attached hydrogens (tertiary/aromatic N) is 3. The van der Waals surface area contributed by atoms with Crippen LogP contribution in [0.1, 0.15) is 31.4 Å². The van der Waals surface area contributed by atoms with Gasteiger partial charge in [0, 0.05) is 23.2 Å². The minimum absolute atomic E-state index is 0.109. The number of aryl methyl sites for hydroxylation is 1. The maximum absolute atomic E-state index is 15.0. The summed E-state index contributed by atoms with van der Waals surface area (Å²) >= 11 is 1.86. The summed E-state index contributed by atoms with van der Waals surface area (Å²) in [6.07, 6.45) is 3.20. The summed E-state index contributed by atoms with van der Waals surface area (Å²) in [7, 11) is 0. The molecule has 0 aliphatic carbocycles. The molecule has 0 spiro atoms. The monoisotopic (exact) mass is 397 g/mol. The van der Waals surface area contributed by atoms with E-state index in [0.29, 0.717) is 11.1 Å². The van der Waals surface area contributed by atoms with Gasteiger partial charge in [-0.05, 0) is 56.7 Å². The normalized spacial score (nSPS) is 17.9. The predicted octanol–water partition coefficient (Wildman–Crippen LogP) is 5.38. The summed E-state index contributed by atoms with van der Waals surface area (Å²) in [5.41, 5.74) is 3.78. The van der Waals surface area contributed by atoms with E-state index in [1.807, 2.05) is 36.9 Å². The van der Waals surface area contributed by atoms with Crippen molar-refractivity contribution in [2.24, 2.45) is 0 Å². The molecule has 3 nitrogen and oxygen atoms in total. The predicted molar refractivity (Wildman–Crippen MR) is 117 cm³/mol. The van der Waals surface area contributed by atoms with Crippen LogP contribution in [-0.2, 0) is 0 Å². The Morgan fingerprint density at radius 2 is 1.86 bits per heavy atom. The zero-order valence-electron chi connectivity index (χ0n) is 16.9. The molecule has 5 heteroatoms. The van der Waals surface area contributed by atoms with Gasteiger partial charge in [0.1, 0.15) is 5.82 Å². The topological polar surface area (TPSA) is 9.72 Å². The maximum Gasteiger partial charge on any atom is 0.159 e. The van der Waals surface area contributed by atoms with Gasteiger partial charge in [-0.1, -0.05) is 49.9 Å². The Morgan fingerprint density at radius 3 is 2.64 bits per heavy atom. The molecule has 0 saturated heterocycles. The molecule has 0 radical (unpaired) electrons. The van der Waals surface area contributed by atoms with Crippen molar-refractivity contribution >= 4 is 23.1 Å². The van der Waals surface area contributed by atoms with Crippen LogP contribution < -0.4 is 4.90 Å². The Labute approximate surface area is 171 Å². The van der Waals surface area contributed by atoms with Crippen molar-refractivity contribution in [3.05, 3.63) is 65.6 Å². The summed E-state index contributed by atoms with van der Waals surface area (Å²) in [5, 5.41) is 0. The van der Waals surface area contributed by atoms with Gasteiger partial charge in [-0.25, -0.2) is 4.39 Å². The second-order valence-corrected chi connectivity index (χ2v) is 8.44. The highest BCUT2D eigenvalue weighted by Gasteiger charge is 2.40. The lowest BCUT2D eigenvalue weighted by Crippen LogP contribution is -2.36.